The highest BCUT2D eigenvalue weighted by atomic mass is 31.2. The van der Waals surface area contributed by atoms with Crippen LogP contribution in [0.4, 0.5) is 11.4 Å². The van der Waals surface area contributed by atoms with Gasteiger partial charge < -0.3 is 4.52 Å². The van der Waals surface area contributed by atoms with Crippen LogP contribution in [0.5, 0.6) is 0 Å². The van der Waals surface area contributed by atoms with E-state index in [1.807, 2.05) is 18.2 Å². The lowest BCUT2D eigenvalue weighted by Crippen LogP contribution is -2.42. The van der Waals surface area contributed by atoms with Gasteiger partial charge in [-0.1, -0.05) is 30.3 Å². The summed E-state index contributed by atoms with van der Waals surface area (Å²) in [5.74, 6) is -1.55. The molecule has 2 rings (SSSR count). The minimum atomic E-state index is -5.04. The first-order chi connectivity index (χ1) is 14.6. The highest BCUT2D eigenvalue weighted by molar-refractivity contribution is 7.46. The number of phosphoric acid groups is 1. The van der Waals surface area contributed by atoms with E-state index in [9.17, 15) is 14.2 Å². The van der Waals surface area contributed by atoms with Crippen molar-refractivity contribution in [3.63, 3.8) is 0 Å². The maximum absolute atomic E-state index is 13.3. The number of rotatable bonds is 10. The van der Waals surface area contributed by atoms with E-state index in [2.05, 4.69) is 4.52 Å². The Labute approximate surface area is 180 Å². The van der Waals surface area contributed by atoms with Gasteiger partial charge in [0.1, 0.15) is 6.04 Å². The highest BCUT2D eigenvalue weighted by Gasteiger charge is 2.33. The second-order valence-electron chi connectivity index (χ2n) is 6.49. The maximum Gasteiger partial charge on any atom is 0.527 e. The van der Waals surface area contributed by atoms with Crippen molar-refractivity contribution in [3.05, 3.63) is 60.2 Å². The van der Waals surface area contributed by atoms with Gasteiger partial charge in [0.25, 0.3) is 0 Å². The zero-order valence-electron chi connectivity index (χ0n) is 17.5. The number of anilines is 2. The van der Waals surface area contributed by atoms with Crippen LogP contribution in [0.2, 0.25) is 0 Å². The molecule has 2 aromatic rings. The number of Topliss-reactive ketones (excluding diaryl/α,β-unsaturated/α-hetero) is 1. The molecule has 0 aliphatic rings. The van der Waals surface area contributed by atoms with Crippen LogP contribution in [0, 0.1) is 0 Å². The van der Waals surface area contributed by atoms with E-state index in [0.717, 1.165) is 5.06 Å². The predicted molar refractivity (Wildman–Crippen MR) is 113 cm³/mol. The Morgan fingerprint density at radius 3 is 1.97 bits per heavy atom. The third kappa shape index (κ3) is 6.13. The van der Waals surface area contributed by atoms with E-state index >= 15 is 0 Å². The average molecular weight is 452 g/mol. The van der Waals surface area contributed by atoms with Crippen molar-refractivity contribution < 1.29 is 38.1 Å². The molecule has 0 amide bonds. The van der Waals surface area contributed by atoms with E-state index in [1.54, 1.807) is 43.3 Å². The van der Waals surface area contributed by atoms with Crippen molar-refractivity contribution in [1.82, 2.24) is 0 Å². The topological polar surface area (TPSA) is 126 Å². The van der Waals surface area contributed by atoms with Gasteiger partial charge in [-0.05, 0) is 38.1 Å². The third-order valence-electron chi connectivity index (χ3n) is 4.44. The molecule has 0 saturated heterocycles. The Kier molecular flexibility index (Phi) is 8.32. The first-order valence-corrected chi connectivity index (χ1v) is 10.8. The molecule has 10 nitrogen and oxygen atoms in total. The SMILES string of the molecule is CON(c1ccccc1)[C@@H](C)C(=O)c1ccccc1N(OC)[C@@H](C)C(=O)OP(=O)(O)O. The number of phosphoric ester groups is 1. The number of para-hydroxylation sites is 2. The van der Waals surface area contributed by atoms with Crippen LogP contribution in [0.15, 0.2) is 54.6 Å². The summed E-state index contributed by atoms with van der Waals surface area (Å²) in [5, 5.41) is 2.50. The van der Waals surface area contributed by atoms with Gasteiger partial charge in [-0.2, -0.15) is 0 Å². The molecule has 2 atom stereocenters. The highest BCUT2D eigenvalue weighted by Crippen LogP contribution is 2.37. The largest absolute Gasteiger partial charge is 0.527 e. The molecule has 168 valence electrons. The molecule has 0 aliphatic heterocycles. The maximum atomic E-state index is 13.3. The summed E-state index contributed by atoms with van der Waals surface area (Å²) >= 11 is 0. The van der Waals surface area contributed by atoms with Gasteiger partial charge in [0.2, 0.25) is 0 Å². The molecule has 0 unspecified atom stereocenters. The number of ketones is 1. The van der Waals surface area contributed by atoms with E-state index in [-0.39, 0.29) is 17.0 Å². The van der Waals surface area contributed by atoms with Crippen molar-refractivity contribution in [2.45, 2.75) is 25.9 Å². The van der Waals surface area contributed by atoms with Gasteiger partial charge in [-0.25, -0.2) is 19.5 Å². The molecule has 0 saturated carbocycles. The van der Waals surface area contributed by atoms with Crippen LogP contribution in [0.25, 0.3) is 0 Å². The molecule has 11 heteroatoms. The van der Waals surface area contributed by atoms with Crippen LogP contribution in [-0.4, -0.2) is 47.8 Å². The fourth-order valence-electron chi connectivity index (χ4n) is 3.02. The van der Waals surface area contributed by atoms with E-state index in [1.165, 1.54) is 26.2 Å². The quantitative estimate of drug-likeness (QED) is 0.316. The first-order valence-electron chi connectivity index (χ1n) is 9.24. The summed E-state index contributed by atoms with van der Waals surface area (Å²) in [7, 11) is -2.33. The number of hydrogen-bond acceptors (Lipinski definition) is 8. The fraction of sp³-hybridized carbons (Fsp3) is 0.300. The third-order valence-corrected chi connectivity index (χ3v) is 4.86. The molecule has 31 heavy (non-hydrogen) atoms. The number of carbonyl (C=O) groups is 2. The van der Waals surface area contributed by atoms with Gasteiger partial charge in [0.15, 0.2) is 11.8 Å². The van der Waals surface area contributed by atoms with E-state index < -0.39 is 25.9 Å². The molecule has 0 aromatic heterocycles. The number of nitrogens with zero attached hydrogens (tertiary/aromatic N) is 2. The Balaban J connectivity index is 2.37. The van der Waals surface area contributed by atoms with Crippen molar-refractivity contribution in [2.24, 2.45) is 0 Å². The molecule has 2 aromatic carbocycles. The van der Waals surface area contributed by atoms with Crippen molar-refractivity contribution in [1.29, 1.82) is 0 Å². The summed E-state index contributed by atoms with van der Waals surface area (Å²) < 4.78 is 15.2. The van der Waals surface area contributed by atoms with Crippen molar-refractivity contribution in [2.75, 3.05) is 24.3 Å². The Morgan fingerprint density at radius 2 is 1.42 bits per heavy atom. The molecule has 0 spiro atoms. The summed E-state index contributed by atoms with van der Waals surface area (Å²) in [6.45, 7) is 3.00. The summed E-state index contributed by atoms with van der Waals surface area (Å²) in [5.41, 5.74) is 1.11. The monoisotopic (exact) mass is 452 g/mol. The fourth-order valence-corrected chi connectivity index (χ4v) is 3.41. The normalized spacial score (nSPS) is 13.2. The minimum absolute atomic E-state index is 0.214. The molecular weight excluding hydrogens is 427 g/mol. The molecule has 0 bridgehead atoms. The summed E-state index contributed by atoms with van der Waals surface area (Å²) in [6, 6.07) is 13.4. The van der Waals surface area contributed by atoms with E-state index in [0.29, 0.717) is 5.69 Å². The molecule has 0 radical (unpaired) electrons. The lowest BCUT2D eigenvalue weighted by molar-refractivity contribution is -0.138. The van der Waals surface area contributed by atoms with Gasteiger partial charge in [0, 0.05) is 5.56 Å². The van der Waals surface area contributed by atoms with Gasteiger partial charge in [-0.3, -0.25) is 24.3 Å². The standard InChI is InChI=1S/C20H25N2O8P/c1-14(21(28-3)16-10-6-5-7-11-16)19(23)17-12-8-9-13-18(17)22(29-4)15(2)20(24)30-31(25,26)27/h5-15H,1-4H3,(H2,25,26,27)/t14-,15-/m0/s1. The second kappa shape index (κ2) is 10.5. The Bertz CT molecular complexity index is 949. The van der Waals surface area contributed by atoms with Crippen molar-refractivity contribution >= 4 is 31.0 Å². The molecule has 0 heterocycles. The number of benzene rings is 2. The second-order valence-corrected chi connectivity index (χ2v) is 7.65. The van der Waals surface area contributed by atoms with Crippen molar-refractivity contribution in [3.8, 4) is 0 Å². The molecule has 0 aliphatic carbocycles. The van der Waals surface area contributed by atoms with Gasteiger partial charge >= 0.3 is 13.8 Å². The zero-order valence-corrected chi connectivity index (χ0v) is 18.4. The molecular formula is C20H25N2O8P. The van der Waals surface area contributed by atoms with Gasteiger partial charge in [0.05, 0.1) is 25.6 Å². The number of carbonyl (C=O) groups excluding carboxylic acids is 2. The van der Waals surface area contributed by atoms with E-state index in [4.69, 9.17) is 19.5 Å². The summed E-state index contributed by atoms with van der Waals surface area (Å²) in [4.78, 5) is 54.0. The van der Waals surface area contributed by atoms with Crippen LogP contribution in [0.3, 0.4) is 0 Å². The smallest absolute Gasteiger partial charge is 0.369 e. The number of hydroxylamine groups is 2. The van der Waals surface area contributed by atoms with Crippen LogP contribution >= 0.6 is 7.82 Å². The van der Waals surface area contributed by atoms with Crippen LogP contribution < -0.4 is 10.1 Å². The zero-order chi connectivity index (χ0) is 23.2. The summed E-state index contributed by atoms with van der Waals surface area (Å²) in [6.07, 6.45) is 0. The van der Waals surface area contributed by atoms with Crippen LogP contribution in [-0.2, 0) is 23.6 Å². The lowest BCUT2D eigenvalue weighted by Gasteiger charge is -2.31. The Morgan fingerprint density at radius 1 is 0.871 bits per heavy atom. The van der Waals surface area contributed by atoms with Crippen LogP contribution in [0.1, 0.15) is 24.2 Å². The lowest BCUT2D eigenvalue weighted by atomic mass is 10.0. The first kappa shape index (κ1) is 24.5. The minimum Gasteiger partial charge on any atom is -0.369 e. The predicted octanol–water partition coefficient (Wildman–Crippen LogP) is 2.72. The average Bonchev–Trinajstić information content (AvgIpc) is 2.74. The Hall–Kier alpha value is -2.75. The molecule has 0 fully saturated rings. The molecule has 2 N–H and O–H groups in total. The number of hydrogen-bond donors (Lipinski definition) is 2. The van der Waals surface area contributed by atoms with Gasteiger partial charge in [-0.15, -0.1) is 0 Å².